The van der Waals surface area contributed by atoms with Crippen molar-refractivity contribution in [2.45, 2.75) is 33.6 Å². The summed E-state index contributed by atoms with van der Waals surface area (Å²) in [4.78, 5) is 22.9. The number of phenolic OH excluding ortho intramolecular Hbond substituents is 1. The summed E-state index contributed by atoms with van der Waals surface area (Å²) in [5.41, 5.74) is 0.848. The van der Waals surface area contributed by atoms with Gasteiger partial charge in [-0.3, -0.25) is 9.59 Å². The van der Waals surface area contributed by atoms with Crippen LogP contribution in [0.1, 0.15) is 42.6 Å². The van der Waals surface area contributed by atoms with Gasteiger partial charge in [-0.25, -0.2) is 0 Å². The first-order chi connectivity index (χ1) is 9.81. The lowest BCUT2D eigenvalue weighted by Gasteiger charge is -2.18. The molecule has 1 aromatic carbocycles. The quantitative estimate of drug-likeness (QED) is 0.721. The number of benzene rings is 1. The lowest BCUT2D eigenvalue weighted by molar-refractivity contribution is -0.138. The fourth-order valence-corrected chi connectivity index (χ4v) is 2.33. The zero-order chi connectivity index (χ0) is 16.0. The van der Waals surface area contributed by atoms with Crippen LogP contribution in [-0.2, 0) is 4.79 Å². The molecule has 1 atom stereocenters. The first-order valence-electron chi connectivity index (χ1n) is 7.09. The Hall–Kier alpha value is -2.04. The minimum absolute atomic E-state index is 0.0261. The Kier molecular flexibility index (Phi) is 6.21. The van der Waals surface area contributed by atoms with Crippen LogP contribution in [0.25, 0.3) is 0 Å². The topological polar surface area (TPSA) is 86.6 Å². The third-order valence-corrected chi connectivity index (χ3v) is 3.30. The van der Waals surface area contributed by atoms with Gasteiger partial charge in [0, 0.05) is 13.0 Å². The number of rotatable bonds is 7. The predicted molar refractivity (Wildman–Crippen MR) is 80.4 cm³/mol. The summed E-state index contributed by atoms with van der Waals surface area (Å²) in [5, 5.41) is 21.5. The average Bonchev–Trinajstić information content (AvgIpc) is 2.37. The maximum absolute atomic E-state index is 12.1. The first-order valence-corrected chi connectivity index (χ1v) is 7.09. The van der Waals surface area contributed by atoms with Gasteiger partial charge in [-0.2, -0.15) is 0 Å². The van der Waals surface area contributed by atoms with E-state index in [0.717, 1.165) is 6.42 Å². The lowest BCUT2D eigenvalue weighted by atomic mass is 9.94. The largest absolute Gasteiger partial charge is 0.507 e. The summed E-state index contributed by atoms with van der Waals surface area (Å²) in [6.45, 7) is 6.04. The second-order valence-electron chi connectivity index (χ2n) is 5.77. The molecule has 0 saturated heterocycles. The molecule has 116 valence electrons. The number of aliphatic carboxylic acids is 1. The molecule has 0 aromatic heterocycles. The molecule has 21 heavy (non-hydrogen) atoms. The molecule has 0 aliphatic carbocycles. The fourth-order valence-electron chi connectivity index (χ4n) is 2.33. The van der Waals surface area contributed by atoms with Crippen LogP contribution in [0.4, 0.5) is 0 Å². The van der Waals surface area contributed by atoms with Crippen molar-refractivity contribution in [2.24, 2.45) is 11.8 Å². The second-order valence-corrected chi connectivity index (χ2v) is 5.77. The molecule has 0 fully saturated rings. The Bertz CT molecular complexity index is 511. The van der Waals surface area contributed by atoms with Gasteiger partial charge in [0.1, 0.15) is 5.75 Å². The number of carbonyl (C=O) groups excluding carboxylic acids is 1. The highest BCUT2D eigenvalue weighted by Gasteiger charge is 2.18. The van der Waals surface area contributed by atoms with Crippen LogP contribution in [0.15, 0.2) is 18.2 Å². The lowest BCUT2D eigenvalue weighted by Crippen LogP contribution is -2.31. The van der Waals surface area contributed by atoms with E-state index in [0.29, 0.717) is 11.5 Å². The van der Waals surface area contributed by atoms with Gasteiger partial charge in [-0.15, -0.1) is 0 Å². The van der Waals surface area contributed by atoms with E-state index >= 15 is 0 Å². The zero-order valence-electron chi connectivity index (χ0n) is 12.7. The van der Waals surface area contributed by atoms with Gasteiger partial charge in [0.2, 0.25) is 0 Å². The van der Waals surface area contributed by atoms with E-state index in [1.807, 2.05) is 13.8 Å². The fraction of sp³-hybridized carbons (Fsp3) is 0.500. The SMILES string of the molecule is Cc1cccc(C(=O)NCC(CC(=O)O)CC(C)C)c1O. The number of hydrogen-bond acceptors (Lipinski definition) is 3. The molecule has 1 unspecified atom stereocenters. The van der Waals surface area contributed by atoms with Gasteiger partial charge in [0.15, 0.2) is 0 Å². The van der Waals surface area contributed by atoms with Crippen LogP contribution in [0.2, 0.25) is 0 Å². The Morgan fingerprint density at radius 2 is 1.95 bits per heavy atom. The number of amides is 1. The number of phenols is 1. The van der Waals surface area contributed by atoms with E-state index in [-0.39, 0.29) is 36.1 Å². The summed E-state index contributed by atoms with van der Waals surface area (Å²) in [5.74, 6) is -1.03. The predicted octanol–water partition coefficient (Wildman–Crippen LogP) is 2.57. The van der Waals surface area contributed by atoms with Crippen molar-refractivity contribution in [3.05, 3.63) is 29.3 Å². The Balaban J connectivity index is 2.68. The van der Waals surface area contributed by atoms with Gasteiger partial charge in [0.25, 0.3) is 5.91 Å². The molecular formula is C16H23NO4. The molecular weight excluding hydrogens is 270 g/mol. The van der Waals surface area contributed by atoms with Crippen molar-refractivity contribution < 1.29 is 19.8 Å². The average molecular weight is 293 g/mol. The monoisotopic (exact) mass is 293 g/mol. The summed E-state index contributed by atoms with van der Waals surface area (Å²) in [6, 6.07) is 4.97. The number of carboxylic acid groups (broad SMARTS) is 1. The third-order valence-electron chi connectivity index (χ3n) is 3.30. The highest BCUT2D eigenvalue weighted by atomic mass is 16.4. The Labute approximate surface area is 125 Å². The van der Waals surface area contributed by atoms with E-state index in [1.165, 1.54) is 0 Å². The molecule has 1 rings (SSSR count). The summed E-state index contributed by atoms with van der Waals surface area (Å²) >= 11 is 0. The molecule has 0 spiro atoms. The minimum atomic E-state index is -0.867. The van der Waals surface area contributed by atoms with Gasteiger partial charge in [0.05, 0.1) is 5.56 Å². The molecule has 5 heteroatoms. The number of aryl methyl sites for hydroxylation is 1. The molecule has 0 saturated carbocycles. The number of aromatic hydroxyl groups is 1. The van der Waals surface area contributed by atoms with Crippen LogP contribution in [0, 0.1) is 18.8 Å². The third kappa shape index (κ3) is 5.45. The standard InChI is InChI=1S/C16H23NO4/c1-10(2)7-12(8-14(18)19)9-17-16(21)13-6-4-5-11(3)15(13)20/h4-6,10,12,20H,7-9H2,1-3H3,(H,17,21)(H,18,19). The summed E-state index contributed by atoms with van der Waals surface area (Å²) < 4.78 is 0. The Morgan fingerprint density at radius 3 is 2.52 bits per heavy atom. The van der Waals surface area contributed by atoms with Gasteiger partial charge < -0.3 is 15.5 Å². The molecule has 0 radical (unpaired) electrons. The van der Waals surface area contributed by atoms with Crippen molar-refractivity contribution in [1.29, 1.82) is 0 Å². The first kappa shape index (κ1) is 17.0. The van der Waals surface area contributed by atoms with Gasteiger partial charge in [-0.05, 0) is 36.8 Å². The number of nitrogens with one attached hydrogen (secondary N) is 1. The second kappa shape index (κ2) is 7.67. The number of para-hydroxylation sites is 1. The van der Waals surface area contributed by atoms with E-state index in [1.54, 1.807) is 25.1 Å². The van der Waals surface area contributed by atoms with Crippen molar-refractivity contribution >= 4 is 11.9 Å². The van der Waals surface area contributed by atoms with Crippen LogP contribution >= 0.6 is 0 Å². The molecule has 0 aliphatic rings. The molecule has 3 N–H and O–H groups in total. The smallest absolute Gasteiger partial charge is 0.303 e. The summed E-state index contributed by atoms with van der Waals surface area (Å²) in [6.07, 6.45) is 0.755. The zero-order valence-corrected chi connectivity index (χ0v) is 12.7. The van der Waals surface area contributed by atoms with E-state index in [2.05, 4.69) is 5.32 Å². The van der Waals surface area contributed by atoms with Gasteiger partial charge >= 0.3 is 5.97 Å². The molecule has 0 bridgehead atoms. The van der Waals surface area contributed by atoms with E-state index in [9.17, 15) is 14.7 Å². The van der Waals surface area contributed by atoms with Crippen LogP contribution in [0.3, 0.4) is 0 Å². The van der Waals surface area contributed by atoms with E-state index < -0.39 is 5.97 Å². The minimum Gasteiger partial charge on any atom is -0.507 e. The van der Waals surface area contributed by atoms with Gasteiger partial charge in [-0.1, -0.05) is 26.0 Å². The van der Waals surface area contributed by atoms with Crippen molar-refractivity contribution in [1.82, 2.24) is 5.32 Å². The summed E-state index contributed by atoms with van der Waals surface area (Å²) in [7, 11) is 0. The maximum Gasteiger partial charge on any atom is 0.303 e. The van der Waals surface area contributed by atoms with Crippen molar-refractivity contribution in [3.8, 4) is 5.75 Å². The molecule has 1 aromatic rings. The molecule has 0 aliphatic heterocycles. The van der Waals surface area contributed by atoms with Crippen LogP contribution < -0.4 is 5.32 Å². The van der Waals surface area contributed by atoms with Crippen molar-refractivity contribution in [2.75, 3.05) is 6.54 Å². The molecule has 5 nitrogen and oxygen atoms in total. The van der Waals surface area contributed by atoms with Crippen LogP contribution in [0.5, 0.6) is 5.75 Å². The van der Waals surface area contributed by atoms with Crippen molar-refractivity contribution in [3.63, 3.8) is 0 Å². The normalized spacial score (nSPS) is 12.2. The molecule has 1 amide bonds. The highest BCUT2D eigenvalue weighted by Crippen LogP contribution is 2.21. The van der Waals surface area contributed by atoms with Crippen LogP contribution in [-0.4, -0.2) is 28.6 Å². The van der Waals surface area contributed by atoms with E-state index in [4.69, 9.17) is 5.11 Å². The Morgan fingerprint density at radius 1 is 1.29 bits per heavy atom. The maximum atomic E-state index is 12.1. The number of carboxylic acids is 1. The highest BCUT2D eigenvalue weighted by molar-refractivity contribution is 5.97. The molecule has 0 heterocycles. The number of hydrogen-bond donors (Lipinski definition) is 3. The number of carbonyl (C=O) groups is 2.